The largest absolute Gasteiger partial charge is 0.370 e. The molecule has 76 valence electrons. The Kier molecular flexibility index (Phi) is 2.73. The third kappa shape index (κ3) is 1.75. The van der Waals surface area contributed by atoms with E-state index >= 15 is 0 Å². The van der Waals surface area contributed by atoms with E-state index in [2.05, 4.69) is 42.3 Å². The molecule has 2 nitrogen and oxygen atoms in total. The fraction of sp³-hybridized carbons (Fsp3) is 0.500. The molecule has 0 saturated carbocycles. The average molecular weight is 190 g/mol. The summed E-state index contributed by atoms with van der Waals surface area (Å²) in [4.78, 5) is 2.44. The molecule has 1 heterocycles. The van der Waals surface area contributed by atoms with Crippen LogP contribution in [-0.4, -0.2) is 19.6 Å². The van der Waals surface area contributed by atoms with Crippen molar-refractivity contribution in [3.63, 3.8) is 0 Å². The smallest absolute Gasteiger partial charge is 0.0412 e. The molecule has 1 aromatic rings. The highest BCUT2D eigenvalue weighted by molar-refractivity contribution is 5.55. The summed E-state index contributed by atoms with van der Waals surface area (Å²) in [6, 6.07) is 6.74. The van der Waals surface area contributed by atoms with Gasteiger partial charge in [-0.25, -0.2) is 0 Å². The fourth-order valence-corrected chi connectivity index (χ4v) is 2.05. The first-order valence-corrected chi connectivity index (χ1v) is 5.36. The number of rotatable bonds is 1. The number of hydrogen-bond donors (Lipinski definition) is 1. The van der Waals surface area contributed by atoms with Crippen LogP contribution >= 0.6 is 0 Å². The maximum Gasteiger partial charge on any atom is 0.0412 e. The predicted molar refractivity (Wildman–Crippen MR) is 60.8 cm³/mol. The molecule has 2 rings (SSSR count). The lowest BCUT2D eigenvalue weighted by Gasteiger charge is -2.22. The summed E-state index contributed by atoms with van der Waals surface area (Å²) in [6.07, 6.45) is 0. The first-order valence-electron chi connectivity index (χ1n) is 5.36. The van der Waals surface area contributed by atoms with Gasteiger partial charge in [0.15, 0.2) is 0 Å². The van der Waals surface area contributed by atoms with Crippen LogP contribution in [0.5, 0.6) is 0 Å². The maximum atomic E-state index is 3.45. The third-order valence-electron chi connectivity index (χ3n) is 2.83. The Hall–Kier alpha value is -1.02. The van der Waals surface area contributed by atoms with Crippen LogP contribution in [0.15, 0.2) is 18.2 Å². The highest BCUT2D eigenvalue weighted by Gasteiger charge is 2.12. The van der Waals surface area contributed by atoms with E-state index in [1.165, 1.54) is 16.8 Å². The zero-order valence-corrected chi connectivity index (χ0v) is 9.01. The molecule has 0 bridgehead atoms. The lowest BCUT2D eigenvalue weighted by atomic mass is 10.1. The molecule has 1 aromatic carbocycles. The first-order chi connectivity index (χ1) is 6.81. The zero-order chi connectivity index (χ0) is 9.97. The summed E-state index contributed by atoms with van der Waals surface area (Å²) < 4.78 is 0. The Bertz CT molecular complexity index is 320. The second-order valence-corrected chi connectivity index (χ2v) is 3.89. The maximum absolute atomic E-state index is 3.45. The van der Waals surface area contributed by atoms with Crippen molar-refractivity contribution in [2.45, 2.75) is 20.4 Å². The van der Waals surface area contributed by atoms with E-state index in [0.717, 1.165) is 26.2 Å². The minimum atomic E-state index is 1.01. The van der Waals surface area contributed by atoms with Gasteiger partial charge in [-0.2, -0.15) is 0 Å². The Labute approximate surface area is 85.9 Å². The van der Waals surface area contributed by atoms with Gasteiger partial charge in [0.1, 0.15) is 0 Å². The van der Waals surface area contributed by atoms with Crippen LogP contribution in [0.1, 0.15) is 18.1 Å². The molecule has 0 atom stereocenters. The predicted octanol–water partition coefficient (Wildman–Crippen LogP) is 1.92. The Morgan fingerprint density at radius 3 is 3.07 bits per heavy atom. The molecule has 1 N–H and O–H groups in total. The molecule has 0 radical (unpaired) electrons. The quantitative estimate of drug-likeness (QED) is 0.728. The normalized spacial score (nSPS) is 16.3. The summed E-state index contributed by atoms with van der Waals surface area (Å²) in [5.74, 6) is 0. The van der Waals surface area contributed by atoms with Gasteiger partial charge in [-0.3, -0.25) is 0 Å². The molecule has 14 heavy (non-hydrogen) atoms. The number of aryl methyl sites for hydroxylation is 1. The Morgan fingerprint density at radius 2 is 2.29 bits per heavy atom. The zero-order valence-electron chi connectivity index (χ0n) is 9.01. The van der Waals surface area contributed by atoms with Gasteiger partial charge in [0.2, 0.25) is 0 Å². The summed E-state index contributed by atoms with van der Waals surface area (Å²) >= 11 is 0. The number of likely N-dealkylation sites (N-methyl/N-ethyl adjacent to an activating group) is 1. The van der Waals surface area contributed by atoms with Crippen LogP contribution in [0.25, 0.3) is 0 Å². The monoisotopic (exact) mass is 190 g/mol. The molecule has 0 fully saturated rings. The van der Waals surface area contributed by atoms with Gasteiger partial charge in [0, 0.05) is 31.9 Å². The first kappa shape index (κ1) is 9.53. The average Bonchev–Trinajstić information content (AvgIpc) is 2.38. The summed E-state index contributed by atoms with van der Waals surface area (Å²) in [5.41, 5.74) is 4.19. The van der Waals surface area contributed by atoms with E-state index in [-0.39, 0.29) is 0 Å². The summed E-state index contributed by atoms with van der Waals surface area (Å²) in [7, 11) is 0. The second kappa shape index (κ2) is 4.01. The van der Waals surface area contributed by atoms with Crippen LogP contribution < -0.4 is 10.2 Å². The van der Waals surface area contributed by atoms with Crippen LogP contribution in [0.3, 0.4) is 0 Å². The van der Waals surface area contributed by atoms with Gasteiger partial charge in [-0.1, -0.05) is 17.7 Å². The SMILES string of the molecule is CCN1CCNCc2cc(C)ccc21. The molecule has 0 aromatic heterocycles. The van der Waals surface area contributed by atoms with Gasteiger partial charge < -0.3 is 10.2 Å². The van der Waals surface area contributed by atoms with Crippen LogP contribution in [-0.2, 0) is 6.54 Å². The van der Waals surface area contributed by atoms with Crippen LogP contribution in [0.4, 0.5) is 5.69 Å². The number of nitrogens with one attached hydrogen (secondary N) is 1. The highest BCUT2D eigenvalue weighted by atomic mass is 15.2. The molecule has 0 unspecified atom stereocenters. The lowest BCUT2D eigenvalue weighted by Crippen LogP contribution is -2.28. The molecular weight excluding hydrogens is 172 g/mol. The lowest BCUT2D eigenvalue weighted by molar-refractivity contribution is 0.695. The molecule has 2 heteroatoms. The van der Waals surface area contributed by atoms with Crippen molar-refractivity contribution in [3.05, 3.63) is 29.3 Å². The van der Waals surface area contributed by atoms with Crippen molar-refractivity contribution in [3.8, 4) is 0 Å². The van der Waals surface area contributed by atoms with E-state index in [0.29, 0.717) is 0 Å². The molecule has 1 aliphatic rings. The number of anilines is 1. The molecule has 0 amide bonds. The van der Waals surface area contributed by atoms with Crippen molar-refractivity contribution in [2.75, 3.05) is 24.5 Å². The van der Waals surface area contributed by atoms with Crippen molar-refractivity contribution in [2.24, 2.45) is 0 Å². The van der Waals surface area contributed by atoms with Crippen molar-refractivity contribution in [1.29, 1.82) is 0 Å². The molecule has 0 saturated heterocycles. The summed E-state index contributed by atoms with van der Waals surface area (Å²) in [5, 5.41) is 3.45. The van der Waals surface area contributed by atoms with Crippen molar-refractivity contribution in [1.82, 2.24) is 5.32 Å². The third-order valence-corrected chi connectivity index (χ3v) is 2.83. The molecular formula is C12H18N2. The standard InChI is InChI=1S/C12H18N2/c1-3-14-7-6-13-9-11-8-10(2)4-5-12(11)14/h4-5,8,13H,3,6-7,9H2,1-2H3. The topological polar surface area (TPSA) is 15.3 Å². The minimum Gasteiger partial charge on any atom is -0.370 e. The summed E-state index contributed by atoms with van der Waals surface area (Å²) in [6.45, 7) is 8.68. The van der Waals surface area contributed by atoms with E-state index in [4.69, 9.17) is 0 Å². The van der Waals surface area contributed by atoms with E-state index in [9.17, 15) is 0 Å². The number of benzene rings is 1. The van der Waals surface area contributed by atoms with Gasteiger partial charge in [0.05, 0.1) is 0 Å². The van der Waals surface area contributed by atoms with Crippen molar-refractivity contribution >= 4 is 5.69 Å². The molecule has 1 aliphatic heterocycles. The highest BCUT2D eigenvalue weighted by Crippen LogP contribution is 2.23. The molecule has 0 aliphatic carbocycles. The van der Waals surface area contributed by atoms with E-state index in [1.807, 2.05) is 0 Å². The fourth-order valence-electron chi connectivity index (χ4n) is 2.05. The van der Waals surface area contributed by atoms with Gasteiger partial charge in [-0.15, -0.1) is 0 Å². The van der Waals surface area contributed by atoms with Gasteiger partial charge >= 0.3 is 0 Å². The van der Waals surface area contributed by atoms with Crippen LogP contribution in [0.2, 0.25) is 0 Å². The number of hydrogen-bond acceptors (Lipinski definition) is 2. The molecule has 0 spiro atoms. The van der Waals surface area contributed by atoms with E-state index in [1.54, 1.807) is 0 Å². The van der Waals surface area contributed by atoms with Crippen LogP contribution in [0, 0.1) is 6.92 Å². The van der Waals surface area contributed by atoms with Gasteiger partial charge in [-0.05, 0) is 25.5 Å². The minimum absolute atomic E-state index is 1.01. The van der Waals surface area contributed by atoms with Gasteiger partial charge in [0.25, 0.3) is 0 Å². The number of fused-ring (bicyclic) bond motifs is 1. The number of nitrogens with zero attached hydrogens (tertiary/aromatic N) is 1. The Balaban J connectivity index is 2.39. The van der Waals surface area contributed by atoms with Crippen molar-refractivity contribution < 1.29 is 0 Å². The Morgan fingerprint density at radius 1 is 1.43 bits per heavy atom. The van der Waals surface area contributed by atoms with E-state index < -0.39 is 0 Å². The second-order valence-electron chi connectivity index (χ2n) is 3.89.